The molecule has 3 rings (SSSR count). The Morgan fingerprint density at radius 3 is 2.58 bits per heavy atom. The molecule has 0 bridgehead atoms. The molecule has 1 atom stereocenters. The average Bonchev–Trinajstić information content (AvgIpc) is 3.02. The van der Waals surface area contributed by atoms with Gasteiger partial charge in [0.05, 0.1) is 5.92 Å². The number of nitrogens with zero attached hydrogens (tertiary/aromatic N) is 1. The van der Waals surface area contributed by atoms with E-state index < -0.39 is 0 Å². The maximum absolute atomic E-state index is 12.6. The second-order valence-corrected chi connectivity index (χ2v) is 7.71. The first-order chi connectivity index (χ1) is 12.4. The van der Waals surface area contributed by atoms with Gasteiger partial charge in [-0.1, -0.05) is 61.9 Å². The van der Waals surface area contributed by atoms with E-state index in [1.165, 1.54) is 11.1 Å². The van der Waals surface area contributed by atoms with Crippen LogP contribution in [0.25, 0.3) is 0 Å². The van der Waals surface area contributed by atoms with Crippen LogP contribution in [0.5, 0.6) is 0 Å². The van der Waals surface area contributed by atoms with Crippen LogP contribution < -0.4 is 10.2 Å². The second kappa shape index (κ2) is 7.32. The van der Waals surface area contributed by atoms with Crippen molar-refractivity contribution in [2.75, 3.05) is 18.0 Å². The van der Waals surface area contributed by atoms with Gasteiger partial charge in [0, 0.05) is 30.6 Å². The van der Waals surface area contributed by atoms with E-state index in [0.717, 1.165) is 5.69 Å². The van der Waals surface area contributed by atoms with Gasteiger partial charge in [-0.05, 0) is 24.6 Å². The maximum atomic E-state index is 12.6. The Kier molecular flexibility index (Phi) is 5.12. The Bertz CT molecular complexity index is 799. The number of carbonyl (C=O) groups is 2. The van der Waals surface area contributed by atoms with E-state index in [9.17, 15) is 9.59 Å². The third-order valence-corrected chi connectivity index (χ3v) is 5.07. The van der Waals surface area contributed by atoms with Gasteiger partial charge in [0.25, 0.3) is 0 Å². The number of hydrogen-bond donors (Lipinski definition) is 1. The number of nitrogens with one attached hydrogen (secondary N) is 1. The van der Waals surface area contributed by atoms with Crippen LogP contribution in [-0.2, 0) is 15.0 Å². The molecule has 26 heavy (non-hydrogen) atoms. The minimum Gasteiger partial charge on any atom is -0.355 e. The number of rotatable bonds is 5. The Hall–Kier alpha value is -2.62. The van der Waals surface area contributed by atoms with Gasteiger partial charge in [-0.2, -0.15) is 0 Å². The first-order valence-corrected chi connectivity index (χ1v) is 9.07. The first kappa shape index (κ1) is 18.2. The number of hydrogen-bond acceptors (Lipinski definition) is 2. The third-order valence-electron chi connectivity index (χ3n) is 5.07. The summed E-state index contributed by atoms with van der Waals surface area (Å²) in [6.45, 7) is 7.31. The molecule has 0 aromatic heterocycles. The summed E-state index contributed by atoms with van der Waals surface area (Å²) in [5.41, 5.74) is 3.10. The Balaban J connectivity index is 1.61. The van der Waals surface area contributed by atoms with Gasteiger partial charge in [0.1, 0.15) is 0 Å². The Labute approximate surface area is 155 Å². The summed E-state index contributed by atoms with van der Waals surface area (Å²) in [7, 11) is 0. The van der Waals surface area contributed by atoms with Crippen LogP contribution in [0.15, 0.2) is 54.6 Å². The zero-order valence-corrected chi connectivity index (χ0v) is 15.7. The molecule has 1 saturated heterocycles. The van der Waals surface area contributed by atoms with E-state index in [1.54, 1.807) is 4.90 Å². The van der Waals surface area contributed by atoms with Crippen LogP contribution >= 0.6 is 0 Å². The normalized spacial score (nSPS) is 17.4. The van der Waals surface area contributed by atoms with E-state index in [4.69, 9.17) is 0 Å². The molecule has 4 heteroatoms. The van der Waals surface area contributed by atoms with Crippen LogP contribution in [0.2, 0.25) is 0 Å². The summed E-state index contributed by atoms with van der Waals surface area (Å²) in [5, 5.41) is 3.06. The van der Waals surface area contributed by atoms with E-state index in [-0.39, 0.29) is 29.6 Å². The Morgan fingerprint density at radius 2 is 1.88 bits per heavy atom. The van der Waals surface area contributed by atoms with Crippen molar-refractivity contribution in [3.05, 3.63) is 65.7 Å². The van der Waals surface area contributed by atoms with Crippen LogP contribution in [0.3, 0.4) is 0 Å². The largest absolute Gasteiger partial charge is 0.355 e. The minimum atomic E-state index is -0.295. The molecule has 1 fully saturated rings. The van der Waals surface area contributed by atoms with Gasteiger partial charge in [0.15, 0.2) is 0 Å². The number of amides is 2. The SMILES string of the molecule is Cc1cccc(C(C)(C)CNC(=O)C2CC(=O)N(c3ccccc3)C2)c1. The van der Waals surface area contributed by atoms with Gasteiger partial charge < -0.3 is 10.2 Å². The van der Waals surface area contributed by atoms with Crippen molar-refractivity contribution in [3.63, 3.8) is 0 Å². The zero-order chi connectivity index (χ0) is 18.7. The lowest BCUT2D eigenvalue weighted by Crippen LogP contribution is -2.40. The number of anilines is 1. The summed E-state index contributed by atoms with van der Waals surface area (Å²) in [5.74, 6) is -0.331. The molecule has 0 spiro atoms. The first-order valence-electron chi connectivity index (χ1n) is 9.07. The van der Waals surface area contributed by atoms with Gasteiger partial charge in [-0.15, -0.1) is 0 Å². The van der Waals surface area contributed by atoms with Crippen molar-refractivity contribution in [2.24, 2.45) is 5.92 Å². The minimum absolute atomic E-state index is 0.00861. The molecule has 2 aromatic carbocycles. The fraction of sp³-hybridized carbons (Fsp3) is 0.364. The molecule has 1 heterocycles. The maximum Gasteiger partial charge on any atom is 0.227 e. The number of carbonyl (C=O) groups excluding carboxylic acids is 2. The summed E-state index contributed by atoms with van der Waals surface area (Å²) in [6.07, 6.45) is 0.269. The quantitative estimate of drug-likeness (QED) is 0.898. The fourth-order valence-electron chi connectivity index (χ4n) is 3.36. The molecule has 1 unspecified atom stereocenters. The molecule has 1 N–H and O–H groups in total. The lowest BCUT2D eigenvalue weighted by atomic mass is 9.84. The monoisotopic (exact) mass is 350 g/mol. The van der Waals surface area contributed by atoms with Crippen LogP contribution in [0.4, 0.5) is 5.69 Å². The number of aryl methyl sites for hydroxylation is 1. The predicted octanol–water partition coefficient (Wildman–Crippen LogP) is 3.44. The number of para-hydroxylation sites is 1. The van der Waals surface area contributed by atoms with E-state index >= 15 is 0 Å². The van der Waals surface area contributed by atoms with Crippen molar-refractivity contribution in [2.45, 2.75) is 32.6 Å². The second-order valence-electron chi connectivity index (χ2n) is 7.71. The van der Waals surface area contributed by atoms with Crippen molar-refractivity contribution in [1.29, 1.82) is 0 Å². The summed E-state index contributed by atoms with van der Waals surface area (Å²) in [6, 6.07) is 17.9. The van der Waals surface area contributed by atoms with Crippen LogP contribution in [0.1, 0.15) is 31.4 Å². The number of benzene rings is 2. The van der Waals surface area contributed by atoms with Gasteiger partial charge in [0.2, 0.25) is 11.8 Å². The van der Waals surface area contributed by atoms with Gasteiger partial charge in [-0.25, -0.2) is 0 Å². The Morgan fingerprint density at radius 1 is 1.15 bits per heavy atom. The molecule has 0 radical (unpaired) electrons. The molecule has 2 aromatic rings. The molecule has 0 aliphatic carbocycles. The fourth-order valence-corrected chi connectivity index (χ4v) is 3.36. The molecular weight excluding hydrogens is 324 g/mol. The summed E-state index contributed by atoms with van der Waals surface area (Å²) >= 11 is 0. The lowest BCUT2D eigenvalue weighted by Gasteiger charge is -2.27. The standard InChI is InChI=1S/C22H26N2O2/c1-16-8-7-9-18(12-16)22(2,3)15-23-21(26)17-13-20(25)24(14-17)19-10-5-4-6-11-19/h4-12,17H,13-15H2,1-3H3,(H,23,26). The molecule has 0 saturated carbocycles. The lowest BCUT2D eigenvalue weighted by molar-refractivity contribution is -0.126. The zero-order valence-electron chi connectivity index (χ0n) is 15.7. The van der Waals surface area contributed by atoms with Gasteiger partial charge >= 0.3 is 0 Å². The molecule has 136 valence electrons. The molecule has 1 aliphatic rings. The van der Waals surface area contributed by atoms with Crippen LogP contribution in [0, 0.1) is 12.8 Å². The predicted molar refractivity (Wildman–Crippen MR) is 104 cm³/mol. The van der Waals surface area contributed by atoms with Crippen molar-refractivity contribution in [3.8, 4) is 0 Å². The van der Waals surface area contributed by atoms with Crippen molar-refractivity contribution in [1.82, 2.24) is 5.32 Å². The van der Waals surface area contributed by atoms with E-state index in [1.807, 2.05) is 36.4 Å². The van der Waals surface area contributed by atoms with E-state index in [0.29, 0.717) is 13.1 Å². The molecular formula is C22H26N2O2. The third kappa shape index (κ3) is 3.96. The molecule has 4 nitrogen and oxygen atoms in total. The van der Waals surface area contributed by atoms with Gasteiger partial charge in [-0.3, -0.25) is 9.59 Å². The molecule has 1 aliphatic heterocycles. The highest BCUT2D eigenvalue weighted by atomic mass is 16.2. The highest BCUT2D eigenvalue weighted by Crippen LogP contribution is 2.26. The smallest absolute Gasteiger partial charge is 0.227 e. The van der Waals surface area contributed by atoms with Crippen molar-refractivity contribution < 1.29 is 9.59 Å². The topological polar surface area (TPSA) is 49.4 Å². The highest BCUT2D eigenvalue weighted by molar-refractivity contribution is 6.00. The highest BCUT2D eigenvalue weighted by Gasteiger charge is 2.35. The van der Waals surface area contributed by atoms with Crippen LogP contribution in [-0.4, -0.2) is 24.9 Å². The average molecular weight is 350 g/mol. The summed E-state index contributed by atoms with van der Waals surface area (Å²) < 4.78 is 0. The van der Waals surface area contributed by atoms with Crippen molar-refractivity contribution >= 4 is 17.5 Å². The van der Waals surface area contributed by atoms with E-state index in [2.05, 4.69) is 44.3 Å². The molecule has 2 amide bonds. The summed E-state index contributed by atoms with van der Waals surface area (Å²) in [4.78, 5) is 26.6.